The summed E-state index contributed by atoms with van der Waals surface area (Å²) in [6.45, 7) is 6.97. The standard InChI is InChI=1S/C18H29NO9/c1-6-7-8-24-18-15(19-10(2)20)17(27-13(5)23)16(26-12(4)22)14(28-18)9-25-11(3)21/h14-18H,6-9H2,1-5H3,(H,19,20)/t14?,15?,16-,17?,18-/m0/s1. The van der Waals surface area contributed by atoms with Crippen molar-refractivity contribution in [2.75, 3.05) is 13.2 Å². The summed E-state index contributed by atoms with van der Waals surface area (Å²) in [6.07, 6.45) is -2.53. The fourth-order valence-corrected chi connectivity index (χ4v) is 2.78. The second-order valence-electron chi connectivity index (χ2n) is 6.44. The SMILES string of the molecule is CCCCO[C@H]1OC(COC(C)=O)[C@H](OC(C)=O)C(OC(C)=O)C1NC(C)=O. The lowest BCUT2D eigenvalue weighted by molar-refractivity contribution is -0.277. The molecule has 1 amide bonds. The van der Waals surface area contributed by atoms with Gasteiger partial charge in [-0.3, -0.25) is 19.2 Å². The van der Waals surface area contributed by atoms with Crippen molar-refractivity contribution in [3.63, 3.8) is 0 Å². The van der Waals surface area contributed by atoms with Gasteiger partial charge in [-0.05, 0) is 6.42 Å². The van der Waals surface area contributed by atoms with E-state index in [1.807, 2.05) is 6.92 Å². The molecule has 28 heavy (non-hydrogen) atoms. The predicted octanol–water partition coefficient (Wildman–Crippen LogP) is 0.459. The molecule has 0 aromatic heterocycles. The molecule has 1 aliphatic rings. The summed E-state index contributed by atoms with van der Waals surface area (Å²) >= 11 is 0. The van der Waals surface area contributed by atoms with Gasteiger partial charge < -0.3 is 29.0 Å². The average molecular weight is 403 g/mol. The van der Waals surface area contributed by atoms with Crippen LogP contribution >= 0.6 is 0 Å². The minimum absolute atomic E-state index is 0.245. The van der Waals surface area contributed by atoms with Gasteiger partial charge in [-0.2, -0.15) is 0 Å². The van der Waals surface area contributed by atoms with E-state index in [1.54, 1.807) is 0 Å². The first-order valence-electron chi connectivity index (χ1n) is 9.17. The number of carbonyl (C=O) groups is 4. The highest BCUT2D eigenvalue weighted by Crippen LogP contribution is 2.28. The lowest BCUT2D eigenvalue weighted by Crippen LogP contribution is -2.66. The van der Waals surface area contributed by atoms with E-state index in [0.29, 0.717) is 6.61 Å². The Hall–Kier alpha value is -2.20. The third-order valence-electron chi connectivity index (χ3n) is 3.85. The van der Waals surface area contributed by atoms with Gasteiger partial charge in [0.1, 0.15) is 18.8 Å². The molecule has 0 aliphatic carbocycles. The van der Waals surface area contributed by atoms with E-state index in [0.717, 1.165) is 12.8 Å². The molecule has 1 rings (SSSR count). The zero-order chi connectivity index (χ0) is 21.3. The van der Waals surface area contributed by atoms with Crippen molar-refractivity contribution in [2.45, 2.75) is 78.1 Å². The maximum absolute atomic E-state index is 11.7. The van der Waals surface area contributed by atoms with Crippen molar-refractivity contribution >= 4 is 23.8 Å². The Balaban J connectivity index is 3.21. The second kappa shape index (κ2) is 11.6. The zero-order valence-electron chi connectivity index (χ0n) is 16.9. The highest BCUT2D eigenvalue weighted by molar-refractivity contribution is 5.73. The van der Waals surface area contributed by atoms with Crippen LogP contribution in [0.2, 0.25) is 0 Å². The first kappa shape index (κ1) is 23.8. The van der Waals surface area contributed by atoms with E-state index in [2.05, 4.69) is 5.32 Å². The molecule has 1 fully saturated rings. The first-order valence-corrected chi connectivity index (χ1v) is 9.17. The molecule has 1 heterocycles. The zero-order valence-corrected chi connectivity index (χ0v) is 16.9. The van der Waals surface area contributed by atoms with Crippen LogP contribution in [0.3, 0.4) is 0 Å². The first-order chi connectivity index (χ1) is 13.1. The summed E-state index contributed by atoms with van der Waals surface area (Å²) < 4.78 is 27.2. The molecule has 160 valence electrons. The molecular formula is C18H29NO9. The molecule has 3 unspecified atom stereocenters. The quantitative estimate of drug-likeness (QED) is 0.332. The number of esters is 3. The van der Waals surface area contributed by atoms with Crippen LogP contribution in [0.4, 0.5) is 0 Å². The molecule has 10 nitrogen and oxygen atoms in total. The number of rotatable bonds is 9. The van der Waals surface area contributed by atoms with Crippen LogP contribution in [0.15, 0.2) is 0 Å². The van der Waals surface area contributed by atoms with Crippen molar-refractivity contribution in [1.29, 1.82) is 0 Å². The Morgan fingerprint density at radius 2 is 1.54 bits per heavy atom. The van der Waals surface area contributed by atoms with Crippen LogP contribution in [-0.4, -0.2) is 67.7 Å². The van der Waals surface area contributed by atoms with Crippen LogP contribution in [0.25, 0.3) is 0 Å². The smallest absolute Gasteiger partial charge is 0.303 e. The van der Waals surface area contributed by atoms with Crippen molar-refractivity contribution in [3.05, 3.63) is 0 Å². The van der Waals surface area contributed by atoms with Crippen molar-refractivity contribution in [1.82, 2.24) is 5.32 Å². The summed E-state index contributed by atoms with van der Waals surface area (Å²) in [5.74, 6) is -2.25. The Morgan fingerprint density at radius 1 is 0.929 bits per heavy atom. The number of hydrogen-bond acceptors (Lipinski definition) is 9. The van der Waals surface area contributed by atoms with Crippen molar-refractivity contribution in [2.24, 2.45) is 0 Å². The van der Waals surface area contributed by atoms with Gasteiger partial charge in [0.15, 0.2) is 18.5 Å². The molecule has 0 bridgehead atoms. The molecule has 0 radical (unpaired) electrons. The molecule has 1 N–H and O–H groups in total. The summed E-state index contributed by atoms with van der Waals surface area (Å²) in [5.41, 5.74) is 0. The lowest BCUT2D eigenvalue weighted by atomic mass is 9.96. The van der Waals surface area contributed by atoms with Crippen LogP contribution < -0.4 is 5.32 Å². The molecule has 0 saturated carbocycles. The van der Waals surface area contributed by atoms with E-state index in [1.165, 1.54) is 27.7 Å². The van der Waals surface area contributed by atoms with E-state index in [4.69, 9.17) is 23.7 Å². The minimum atomic E-state index is -1.11. The molecule has 5 atom stereocenters. The number of hydrogen-bond donors (Lipinski definition) is 1. The number of amides is 1. The van der Waals surface area contributed by atoms with Crippen LogP contribution in [0, 0.1) is 0 Å². The monoisotopic (exact) mass is 403 g/mol. The predicted molar refractivity (Wildman–Crippen MR) is 94.9 cm³/mol. The van der Waals surface area contributed by atoms with Gasteiger partial charge in [0.2, 0.25) is 5.91 Å². The van der Waals surface area contributed by atoms with E-state index >= 15 is 0 Å². The van der Waals surface area contributed by atoms with Crippen molar-refractivity contribution < 1.29 is 42.9 Å². The summed E-state index contributed by atoms with van der Waals surface area (Å²) in [5, 5.41) is 2.64. The average Bonchev–Trinajstić information content (AvgIpc) is 2.57. The number of carbonyl (C=O) groups excluding carboxylic acids is 4. The topological polar surface area (TPSA) is 126 Å². The second-order valence-corrected chi connectivity index (χ2v) is 6.44. The Labute approximate surface area is 164 Å². The van der Waals surface area contributed by atoms with Gasteiger partial charge in [0, 0.05) is 34.3 Å². The van der Waals surface area contributed by atoms with E-state index in [-0.39, 0.29) is 6.61 Å². The molecule has 0 aromatic carbocycles. The van der Waals surface area contributed by atoms with Crippen LogP contribution in [-0.2, 0) is 42.9 Å². The molecular weight excluding hydrogens is 374 g/mol. The molecule has 10 heteroatoms. The van der Waals surface area contributed by atoms with Gasteiger partial charge in [0.05, 0.1) is 0 Å². The highest BCUT2D eigenvalue weighted by Gasteiger charge is 2.51. The normalized spacial score (nSPS) is 26.8. The molecule has 0 spiro atoms. The maximum Gasteiger partial charge on any atom is 0.303 e. The number of unbranched alkanes of at least 4 members (excludes halogenated alkanes) is 1. The summed E-state index contributed by atoms with van der Waals surface area (Å²) in [6, 6.07) is -0.920. The Morgan fingerprint density at radius 3 is 2.04 bits per heavy atom. The van der Waals surface area contributed by atoms with Crippen molar-refractivity contribution in [3.8, 4) is 0 Å². The van der Waals surface area contributed by atoms with Gasteiger partial charge in [-0.15, -0.1) is 0 Å². The molecule has 0 aromatic rings. The number of nitrogens with one attached hydrogen (secondary N) is 1. The van der Waals surface area contributed by atoms with Gasteiger partial charge >= 0.3 is 17.9 Å². The highest BCUT2D eigenvalue weighted by atomic mass is 16.7. The van der Waals surface area contributed by atoms with Crippen LogP contribution in [0.5, 0.6) is 0 Å². The number of ether oxygens (including phenoxy) is 5. The van der Waals surface area contributed by atoms with E-state index in [9.17, 15) is 19.2 Å². The largest absolute Gasteiger partial charge is 0.463 e. The summed E-state index contributed by atoms with van der Waals surface area (Å²) in [4.78, 5) is 46.2. The minimum Gasteiger partial charge on any atom is -0.463 e. The van der Waals surface area contributed by atoms with Gasteiger partial charge in [-0.1, -0.05) is 13.3 Å². The Bertz CT molecular complexity index is 565. The fraction of sp³-hybridized carbons (Fsp3) is 0.778. The third-order valence-corrected chi connectivity index (χ3v) is 3.85. The van der Waals surface area contributed by atoms with Gasteiger partial charge in [-0.25, -0.2) is 0 Å². The lowest BCUT2D eigenvalue weighted by Gasteiger charge is -2.44. The molecule has 1 saturated heterocycles. The maximum atomic E-state index is 11.7. The molecule has 1 aliphatic heterocycles. The fourth-order valence-electron chi connectivity index (χ4n) is 2.78. The van der Waals surface area contributed by atoms with Crippen LogP contribution in [0.1, 0.15) is 47.5 Å². The van der Waals surface area contributed by atoms with Gasteiger partial charge in [0.25, 0.3) is 0 Å². The summed E-state index contributed by atoms with van der Waals surface area (Å²) in [7, 11) is 0. The third kappa shape index (κ3) is 7.81. The Kier molecular flexibility index (Phi) is 9.88. The van der Waals surface area contributed by atoms with E-state index < -0.39 is 54.5 Å².